The molecule has 0 fully saturated rings. The zero-order valence-electron chi connectivity index (χ0n) is 11.8. The van der Waals surface area contributed by atoms with Gasteiger partial charge >= 0.3 is 5.69 Å². The van der Waals surface area contributed by atoms with Crippen molar-refractivity contribution in [3.05, 3.63) is 41.0 Å². The summed E-state index contributed by atoms with van der Waals surface area (Å²) in [6, 6.07) is 3.07. The minimum absolute atomic E-state index is 0.0146. The predicted octanol–water partition coefficient (Wildman–Crippen LogP) is 2.12. The van der Waals surface area contributed by atoms with Crippen LogP contribution in [0.4, 0.5) is 17.3 Å². The second-order valence-corrected chi connectivity index (χ2v) is 4.43. The number of aromatic nitrogens is 3. The summed E-state index contributed by atoms with van der Waals surface area (Å²) < 4.78 is 1.96. The van der Waals surface area contributed by atoms with Gasteiger partial charge in [0.2, 0.25) is 5.82 Å². The van der Waals surface area contributed by atoms with Crippen LogP contribution in [0.15, 0.2) is 30.9 Å². The minimum atomic E-state index is -0.430. The highest BCUT2D eigenvalue weighted by molar-refractivity contribution is 5.60. The van der Waals surface area contributed by atoms with Crippen LogP contribution in [0, 0.1) is 10.1 Å². The molecule has 0 bridgehead atoms. The van der Waals surface area contributed by atoms with Crippen molar-refractivity contribution in [2.75, 3.05) is 23.7 Å². The number of imidazole rings is 1. The molecule has 2 aromatic rings. The SMILES string of the molecule is CCNc1ccc([N+](=O)[O-])c(NCCCn2ccnc2)n1. The molecule has 0 spiro atoms. The van der Waals surface area contributed by atoms with Crippen LogP contribution in [-0.2, 0) is 6.54 Å². The van der Waals surface area contributed by atoms with Crippen molar-refractivity contribution in [1.29, 1.82) is 0 Å². The quantitative estimate of drug-likeness (QED) is 0.439. The number of aryl methyl sites for hydroxylation is 1. The van der Waals surface area contributed by atoms with Crippen molar-refractivity contribution < 1.29 is 4.92 Å². The van der Waals surface area contributed by atoms with Crippen LogP contribution in [-0.4, -0.2) is 32.5 Å². The third-order valence-electron chi connectivity index (χ3n) is 2.87. The molecule has 0 aliphatic heterocycles. The Morgan fingerprint density at radius 3 is 2.90 bits per heavy atom. The average molecular weight is 290 g/mol. The lowest BCUT2D eigenvalue weighted by atomic mass is 10.3. The third kappa shape index (κ3) is 4.16. The second-order valence-electron chi connectivity index (χ2n) is 4.43. The highest BCUT2D eigenvalue weighted by Gasteiger charge is 2.15. The lowest BCUT2D eigenvalue weighted by molar-refractivity contribution is -0.384. The van der Waals surface area contributed by atoms with Crippen LogP contribution in [0.2, 0.25) is 0 Å². The van der Waals surface area contributed by atoms with Gasteiger partial charge in [0.1, 0.15) is 5.82 Å². The van der Waals surface area contributed by atoms with Gasteiger partial charge in [0.05, 0.1) is 11.3 Å². The summed E-state index contributed by atoms with van der Waals surface area (Å²) >= 11 is 0. The Morgan fingerprint density at radius 1 is 1.38 bits per heavy atom. The lowest BCUT2D eigenvalue weighted by Gasteiger charge is -2.09. The Labute approximate surface area is 122 Å². The van der Waals surface area contributed by atoms with Crippen LogP contribution in [0.25, 0.3) is 0 Å². The van der Waals surface area contributed by atoms with Gasteiger partial charge in [-0.15, -0.1) is 0 Å². The van der Waals surface area contributed by atoms with Crippen molar-refractivity contribution in [1.82, 2.24) is 14.5 Å². The number of rotatable bonds is 8. The van der Waals surface area contributed by atoms with E-state index < -0.39 is 4.92 Å². The van der Waals surface area contributed by atoms with E-state index in [4.69, 9.17) is 0 Å². The fourth-order valence-electron chi connectivity index (χ4n) is 1.90. The van der Waals surface area contributed by atoms with Crippen molar-refractivity contribution in [2.24, 2.45) is 0 Å². The smallest absolute Gasteiger partial charge is 0.311 e. The fourth-order valence-corrected chi connectivity index (χ4v) is 1.90. The summed E-state index contributed by atoms with van der Waals surface area (Å²) in [5.41, 5.74) is -0.0146. The van der Waals surface area contributed by atoms with E-state index in [1.807, 2.05) is 17.7 Å². The molecular weight excluding hydrogens is 272 g/mol. The van der Waals surface area contributed by atoms with E-state index in [-0.39, 0.29) is 5.69 Å². The molecule has 2 rings (SSSR count). The molecule has 112 valence electrons. The van der Waals surface area contributed by atoms with Crippen molar-refractivity contribution >= 4 is 17.3 Å². The number of pyridine rings is 1. The lowest BCUT2D eigenvalue weighted by Crippen LogP contribution is -2.10. The molecule has 2 N–H and O–H groups in total. The van der Waals surface area contributed by atoms with Gasteiger partial charge in [-0.1, -0.05) is 0 Å². The minimum Gasteiger partial charge on any atom is -0.370 e. The first-order chi connectivity index (χ1) is 10.2. The Morgan fingerprint density at radius 2 is 2.24 bits per heavy atom. The second kappa shape index (κ2) is 7.22. The van der Waals surface area contributed by atoms with Crippen LogP contribution in [0.1, 0.15) is 13.3 Å². The zero-order chi connectivity index (χ0) is 15.1. The molecule has 0 amide bonds. The number of nitrogens with zero attached hydrogens (tertiary/aromatic N) is 4. The van der Waals surface area contributed by atoms with Gasteiger partial charge in [-0.3, -0.25) is 10.1 Å². The molecule has 0 saturated carbocycles. The van der Waals surface area contributed by atoms with Crippen LogP contribution >= 0.6 is 0 Å². The number of hydrogen-bond donors (Lipinski definition) is 2. The van der Waals surface area contributed by atoms with Gasteiger partial charge in [0.25, 0.3) is 0 Å². The summed E-state index contributed by atoms with van der Waals surface area (Å²) in [5.74, 6) is 0.921. The molecule has 0 radical (unpaired) electrons. The summed E-state index contributed by atoms with van der Waals surface area (Å²) in [5, 5.41) is 17.1. The first kappa shape index (κ1) is 14.8. The maximum Gasteiger partial charge on any atom is 0.311 e. The largest absolute Gasteiger partial charge is 0.370 e. The monoisotopic (exact) mass is 290 g/mol. The number of nitrogens with one attached hydrogen (secondary N) is 2. The van der Waals surface area contributed by atoms with E-state index >= 15 is 0 Å². The molecule has 8 nitrogen and oxygen atoms in total. The van der Waals surface area contributed by atoms with Gasteiger partial charge < -0.3 is 15.2 Å². The van der Waals surface area contributed by atoms with Gasteiger partial charge in [0, 0.05) is 38.1 Å². The maximum atomic E-state index is 11.0. The van der Waals surface area contributed by atoms with Crippen LogP contribution < -0.4 is 10.6 Å². The highest BCUT2D eigenvalue weighted by atomic mass is 16.6. The topological polar surface area (TPSA) is 97.9 Å². The Bertz CT molecular complexity index is 584. The third-order valence-corrected chi connectivity index (χ3v) is 2.87. The molecule has 0 aliphatic rings. The van der Waals surface area contributed by atoms with Crippen molar-refractivity contribution in [2.45, 2.75) is 19.9 Å². The summed E-state index contributed by atoms with van der Waals surface area (Å²) in [4.78, 5) is 18.8. The molecule has 8 heteroatoms. The van der Waals surface area contributed by atoms with Crippen molar-refractivity contribution in [3.8, 4) is 0 Å². The molecule has 0 saturated heterocycles. The highest BCUT2D eigenvalue weighted by Crippen LogP contribution is 2.23. The summed E-state index contributed by atoms with van der Waals surface area (Å²) in [7, 11) is 0. The normalized spacial score (nSPS) is 10.3. The molecule has 0 aromatic carbocycles. The first-order valence-electron chi connectivity index (χ1n) is 6.79. The molecule has 0 aliphatic carbocycles. The molecule has 2 aromatic heterocycles. The molecular formula is C13H18N6O2. The maximum absolute atomic E-state index is 11.0. The van der Waals surface area contributed by atoms with Gasteiger partial charge in [-0.05, 0) is 19.4 Å². The Hall–Kier alpha value is -2.64. The molecule has 0 unspecified atom stereocenters. The summed E-state index contributed by atoms with van der Waals surface area (Å²) in [6.45, 7) is 4.06. The Balaban J connectivity index is 1.96. The van der Waals surface area contributed by atoms with E-state index in [0.29, 0.717) is 24.7 Å². The Kier molecular flexibility index (Phi) is 5.08. The summed E-state index contributed by atoms with van der Waals surface area (Å²) in [6.07, 6.45) is 6.17. The van der Waals surface area contributed by atoms with E-state index in [0.717, 1.165) is 13.0 Å². The fraction of sp³-hybridized carbons (Fsp3) is 0.385. The molecule has 0 atom stereocenters. The van der Waals surface area contributed by atoms with Gasteiger partial charge in [-0.25, -0.2) is 9.97 Å². The van der Waals surface area contributed by atoms with Gasteiger partial charge in [-0.2, -0.15) is 0 Å². The van der Waals surface area contributed by atoms with E-state index in [1.54, 1.807) is 18.6 Å². The van der Waals surface area contributed by atoms with E-state index in [9.17, 15) is 10.1 Å². The molecule has 2 heterocycles. The van der Waals surface area contributed by atoms with E-state index in [1.165, 1.54) is 6.07 Å². The number of anilines is 2. The number of nitro groups is 1. The zero-order valence-corrected chi connectivity index (χ0v) is 11.8. The van der Waals surface area contributed by atoms with Crippen LogP contribution in [0.5, 0.6) is 0 Å². The predicted molar refractivity (Wildman–Crippen MR) is 80.4 cm³/mol. The average Bonchev–Trinajstić information content (AvgIpc) is 2.97. The van der Waals surface area contributed by atoms with Crippen molar-refractivity contribution in [3.63, 3.8) is 0 Å². The molecule has 21 heavy (non-hydrogen) atoms. The number of hydrogen-bond acceptors (Lipinski definition) is 6. The standard InChI is InChI=1S/C13H18N6O2/c1-2-15-12-5-4-11(19(20)21)13(17-12)16-6-3-8-18-9-7-14-10-18/h4-5,7,9-10H,2-3,6,8H2,1H3,(H2,15,16,17). The van der Waals surface area contributed by atoms with Gasteiger partial charge in [0.15, 0.2) is 0 Å². The first-order valence-corrected chi connectivity index (χ1v) is 6.79. The van der Waals surface area contributed by atoms with E-state index in [2.05, 4.69) is 20.6 Å². The van der Waals surface area contributed by atoms with Crippen LogP contribution in [0.3, 0.4) is 0 Å².